The molecule has 1 N–H and O–H groups in total. The van der Waals surface area contributed by atoms with Crippen LogP contribution in [0.2, 0.25) is 0 Å². The molecule has 0 unspecified atom stereocenters. The van der Waals surface area contributed by atoms with Crippen molar-refractivity contribution in [3.8, 4) is 0 Å². The van der Waals surface area contributed by atoms with Crippen LogP contribution in [-0.4, -0.2) is 4.98 Å². The first kappa shape index (κ1) is 6.96. The highest BCUT2D eigenvalue weighted by Gasteiger charge is 2.18. The predicted octanol–water partition coefficient (Wildman–Crippen LogP) is 2.98. The Hall–Kier alpha value is -0.720. The standard InChI is InChI=1S/C10H15N/c1-8-6-7-11-10(8)9-4-2-3-5-9/h6-7,9,11H,2-5H2,1H3. The summed E-state index contributed by atoms with van der Waals surface area (Å²) in [5.41, 5.74) is 2.93. The Morgan fingerprint density at radius 3 is 2.64 bits per heavy atom. The summed E-state index contributed by atoms with van der Waals surface area (Å²) in [4.78, 5) is 3.35. The summed E-state index contributed by atoms with van der Waals surface area (Å²) in [6.45, 7) is 2.20. The third-order valence-electron chi connectivity index (χ3n) is 2.76. The van der Waals surface area contributed by atoms with Crippen molar-refractivity contribution in [1.29, 1.82) is 0 Å². The quantitative estimate of drug-likeness (QED) is 0.631. The van der Waals surface area contributed by atoms with E-state index in [0.717, 1.165) is 5.92 Å². The van der Waals surface area contributed by atoms with Gasteiger partial charge in [-0.2, -0.15) is 0 Å². The summed E-state index contributed by atoms with van der Waals surface area (Å²) >= 11 is 0. The summed E-state index contributed by atoms with van der Waals surface area (Å²) in [5.74, 6) is 0.838. The van der Waals surface area contributed by atoms with Crippen LogP contribution in [0.4, 0.5) is 0 Å². The lowest BCUT2D eigenvalue weighted by Crippen LogP contribution is -1.93. The molecule has 0 radical (unpaired) electrons. The van der Waals surface area contributed by atoms with E-state index >= 15 is 0 Å². The van der Waals surface area contributed by atoms with E-state index in [1.165, 1.54) is 36.9 Å². The van der Waals surface area contributed by atoms with E-state index in [1.54, 1.807) is 0 Å². The number of hydrogen-bond acceptors (Lipinski definition) is 0. The first-order valence-electron chi connectivity index (χ1n) is 4.52. The van der Waals surface area contributed by atoms with E-state index in [9.17, 15) is 0 Å². The zero-order valence-electron chi connectivity index (χ0n) is 7.06. The summed E-state index contributed by atoms with van der Waals surface area (Å²) in [7, 11) is 0. The molecule has 0 atom stereocenters. The van der Waals surface area contributed by atoms with Gasteiger partial charge >= 0.3 is 0 Å². The van der Waals surface area contributed by atoms with Crippen LogP contribution in [0.5, 0.6) is 0 Å². The Labute approximate surface area is 67.8 Å². The average Bonchev–Trinajstić information content (AvgIpc) is 2.55. The summed E-state index contributed by atoms with van der Waals surface area (Å²) < 4.78 is 0. The van der Waals surface area contributed by atoms with Crippen LogP contribution in [0, 0.1) is 6.92 Å². The Morgan fingerprint density at radius 1 is 1.36 bits per heavy atom. The molecule has 0 spiro atoms. The van der Waals surface area contributed by atoms with Gasteiger partial charge in [0.2, 0.25) is 0 Å². The van der Waals surface area contributed by atoms with Crippen molar-refractivity contribution in [2.75, 3.05) is 0 Å². The van der Waals surface area contributed by atoms with Crippen molar-refractivity contribution in [3.63, 3.8) is 0 Å². The van der Waals surface area contributed by atoms with E-state index in [2.05, 4.69) is 24.2 Å². The second-order valence-electron chi connectivity index (χ2n) is 3.56. The Morgan fingerprint density at radius 2 is 2.09 bits per heavy atom. The highest BCUT2D eigenvalue weighted by atomic mass is 14.7. The van der Waals surface area contributed by atoms with Gasteiger partial charge in [-0.15, -0.1) is 0 Å². The second-order valence-corrected chi connectivity index (χ2v) is 3.56. The molecule has 2 rings (SSSR count). The Balaban J connectivity index is 2.21. The first-order valence-corrected chi connectivity index (χ1v) is 4.52. The number of rotatable bonds is 1. The molecule has 0 aromatic carbocycles. The molecule has 0 bridgehead atoms. The molecule has 0 aliphatic heterocycles. The Kier molecular flexibility index (Phi) is 1.72. The van der Waals surface area contributed by atoms with Crippen molar-refractivity contribution in [3.05, 3.63) is 23.5 Å². The predicted molar refractivity (Wildman–Crippen MR) is 46.7 cm³/mol. The molecule has 1 fully saturated rings. The van der Waals surface area contributed by atoms with E-state index in [1.807, 2.05) is 0 Å². The highest BCUT2D eigenvalue weighted by molar-refractivity contribution is 5.22. The van der Waals surface area contributed by atoms with Crippen LogP contribution in [0.25, 0.3) is 0 Å². The van der Waals surface area contributed by atoms with Crippen LogP contribution in [0.3, 0.4) is 0 Å². The van der Waals surface area contributed by atoms with Gasteiger partial charge in [0.05, 0.1) is 0 Å². The van der Waals surface area contributed by atoms with Crippen molar-refractivity contribution in [2.24, 2.45) is 0 Å². The smallest absolute Gasteiger partial charge is 0.0208 e. The topological polar surface area (TPSA) is 15.8 Å². The molecule has 1 aliphatic carbocycles. The van der Waals surface area contributed by atoms with Gasteiger partial charge in [-0.25, -0.2) is 0 Å². The van der Waals surface area contributed by atoms with E-state index < -0.39 is 0 Å². The molecule has 1 nitrogen and oxygen atoms in total. The zero-order chi connectivity index (χ0) is 7.68. The molecule has 1 aromatic heterocycles. The first-order chi connectivity index (χ1) is 5.38. The van der Waals surface area contributed by atoms with Gasteiger partial charge < -0.3 is 4.98 Å². The molecule has 1 aromatic rings. The molecule has 1 saturated carbocycles. The van der Waals surface area contributed by atoms with Crippen LogP contribution in [-0.2, 0) is 0 Å². The van der Waals surface area contributed by atoms with Gasteiger partial charge in [0.1, 0.15) is 0 Å². The fourth-order valence-electron chi connectivity index (χ4n) is 2.11. The second kappa shape index (κ2) is 2.72. The molecular formula is C10H15N. The number of aromatic amines is 1. The van der Waals surface area contributed by atoms with E-state index in [4.69, 9.17) is 0 Å². The molecule has 0 amide bonds. The van der Waals surface area contributed by atoms with E-state index in [-0.39, 0.29) is 0 Å². The highest BCUT2D eigenvalue weighted by Crippen LogP contribution is 2.34. The van der Waals surface area contributed by atoms with Crippen molar-refractivity contribution >= 4 is 0 Å². The lowest BCUT2D eigenvalue weighted by atomic mass is 10.0. The average molecular weight is 149 g/mol. The molecule has 11 heavy (non-hydrogen) atoms. The van der Waals surface area contributed by atoms with Crippen LogP contribution >= 0.6 is 0 Å². The Bertz CT molecular complexity index is 231. The third kappa shape index (κ3) is 1.20. The van der Waals surface area contributed by atoms with Crippen molar-refractivity contribution < 1.29 is 0 Å². The number of H-pyrrole nitrogens is 1. The van der Waals surface area contributed by atoms with Gasteiger partial charge in [-0.1, -0.05) is 12.8 Å². The maximum atomic E-state index is 3.35. The minimum atomic E-state index is 0.838. The summed E-state index contributed by atoms with van der Waals surface area (Å²) in [6, 6.07) is 2.17. The molecule has 1 aliphatic rings. The normalized spacial score (nSPS) is 19.4. The van der Waals surface area contributed by atoms with Crippen molar-refractivity contribution in [2.45, 2.75) is 38.5 Å². The molecule has 60 valence electrons. The molecular weight excluding hydrogens is 134 g/mol. The largest absolute Gasteiger partial charge is 0.365 e. The van der Waals surface area contributed by atoms with Gasteiger partial charge in [-0.3, -0.25) is 0 Å². The SMILES string of the molecule is Cc1cc[nH]c1C1CCCC1. The van der Waals surface area contributed by atoms with Gasteiger partial charge in [0.25, 0.3) is 0 Å². The van der Waals surface area contributed by atoms with Crippen LogP contribution in [0.1, 0.15) is 42.9 Å². The van der Waals surface area contributed by atoms with Crippen molar-refractivity contribution in [1.82, 2.24) is 4.98 Å². The van der Waals surface area contributed by atoms with Gasteiger partial charge in [0.15, 0.2) is 0 Å². The van der Waals surface area contributed by atoms with Gasteiger partial charge in [0, 0.05) is 11.9 Å². The van der Waals surface area contributed by atoms with E-state index in [0.29, 0.717) is 0 Å². The minimum absolute atomic E-state index is 0.838. The molecule has 1 heteroatoms. The summed E-state index contributed by atoms with van der Waals surface area (Å²) in [5, 5.41) is 0. The van der Waals surface area contributed by atoms with Crippen LogP contribution < -0.4 is 0 Å². The fourth-order valence-corrected chi connectivity index (χ4v) is 2.11. The lowest BCUT2D eigenvalue weighted by molar-refractivity contribution is 0.698. The zero-order valence-corrected chi connectivity index (χ0v) is 7.06. The van der Waals surface area contributed by atoms with Crippen LogP contribution in [0.15, 0.2) is 12.3 Å². The molecule has 1 heterocycles. The van der Waals surface area contributed by atoms with Gasteiger partial charge in [-0.05, 0) is 37.3 Å². The number of nitrogens with one attached hydrogen (secondary N) is 1. The fraction of sp³-hybridized carbons (Fsp3) is 0.600. The monoisotopic (exact) mass is 149 g/mol. The number of aryl methyl sites for hydroxylation is 1. The maximum absolute atomic E-state index is 3.35. The maximum Gasteiger partial charge on any atom is 0.0208 e. The number of hydrogen-bond donors (Lipinski definition) is 1. The molecule has 0 saturated heterocycles. The summed E-state index contributed by atoms with van der Waals surface area (Å²) in [6.07, 6.45) is 7.68. The minimum Gasteiger partial charge on any atom is -0.365 e. The third-order valence-corrected chi connectivity index (χ3v) is 2.76. The number of aromatic nitrogens is 1. The lowest BCUT2D eigenvalue weighted by Gasteiger charge is -2.07.